The van der Waals surface area contributed by atoms with E-state index in [2.05, 4.69) is 41.3 Å². The molecule has 0 spiro atoms. The zero-order valence-corrected chi connectivity index (χ0v) is 20.1. The first-order chi connectivity index (χ1) is 17.4. The van der Waals surface area contributed by atoms with Gasteiger partial charge in [-0.05, 0) is 28.8 Å². The molecule has 188 valence electrons. The maximum Gasteiger partial charge on any atom is 0.414 e. The number of hydrogen-bond donors (Lipinski definition) is 2. The van der Waals surface area contributed by atoms with Crippen LogP contribution in [0.1, 0.15) is 22.6 Å². The predicted molar refractivity (Wildman–Crippen MR) is 135 cm³/mol. The van der Waals surface area contributed by atoms with Crippen LogP contribution in [0.4, 0.5) is 0 Å². The largest absolute Gasteiger partial charge is 0.497 e. The van der Waals surface area contributed by atoms with Crippen LogP contribution in [0.3, 0.4) is 0 Å². The Balaban J connectivity index is 0.000000538. The van der Waals surface area contributed by atoms with Crippen molar-refractivity contribution in [3.63, 3.8) is 0 Å². The molecule has 0 radical (unpaired) electrons. The van der Waals surface area contributed by atoms with Crippen LogP contribution in [0.2, 0.25) is 0 Å². The van der Waals surface area contributed by atoms with Gasteiger partial charge in [-0.2, -0.15) is 0 Å². The van der Waals surface area contributed by atoms with Gasteiger partial charge in [0.25, 0.3) is 0 Å². The minimum atomic E-state index is -1.82. The first-order valence-electron chi connectivity index (χ1n) is 11.6. The Morgan fingerprint density at radius 3 is 1.64 bits per heavy atom. The molecule has 1 saturated heterocycles. The third kappa shape index (κ3) is 7.41. The first-order valence-corrected chi connectivity index (χ1v) is 11.6. The van der Waals surface area contributed by atoms with Crippen LogP contribution in [0, 0.1) is 0 Å². The van der Waals surface area contributed by atoms with Gasteiger partial charge in [0.1, 0.15) is 5.75 Å². The molecule has 2 N–H and O–H groups in total. The summed E-state index contributed by atoms with van der Waals surface area (Å²) in [5, 5.41) is 14.8. The van der Waals surface area contributed by atoms with Crippen molar-refractivity contribution >= 4 is 17.8 Å². The van der Waals surface area contributed by atoms with Gasteiger partial charge in [0.15, 0.2) is 0 Å². The molecular weight excluding hydrogens is 460 g/mol. The number of aliphatic carboxylic acids is 2. The highest BCUT2D eigenvalue weighted by Gasteiger charge is 2.29. The van der Waals surface area contributed by atoms with E-state index in [4.69, 9.17) is 24.5 Å². The molecule has 1 aliphatic heterocycles. The smallest absolute Gasteiger partial charge is 0.414 e. The van der Waals surface area contributed by atoms with E-state index in [9.17, 15) is 4.79 Å². The van der Waals surface area contributed by atoms with Crippen LogP contribution in [0.15, 0.2) is 84.9 Å². The predicted octanol–water partition coefficient (Wildman–Crippen LogP) is 3.33. The van der Waals surface area contributed by atoms with Crippen molar-refractivity contribution in [2.45, 2.75) is 12.5 Å². The number of rotatable bonds is 6. The van der Waals surface area contributed by atoms with Crippen molar-refractivity contribution in [2.75, 3.05) is 33.3 Å². The fourth-order valence-electron chi connectivity index (χ4n) is 4.07. The van der Waals surface area contributed by atoms with Crippen molar-refractivity contribution in [3.8, 4) is 5.75 Å². The molecule has 0 aromatic heterocycles. The van der Waals surface area contributed by atoms with Crippen LogP contribution >= 0.6 is 0 Å². The number of carboxylic acids is 2. The number of carbonyl (C=O) groups is 3. The van der Waals surface area contributed by atoms with Crippen molar-refractivity contribution in [1.82, 2.24) is 9.80 Å². The van der Waals surface area contributed by atoms with Crippen molar-refractivity contribution in [1.29, 1.82) is 0 Å². The molecule has 0 unspecified atom stereocenters. The summed E-state index contributed by atoms with van der Waals surface area (Å²) in [4.78, 5) is 36.2. The number of nitrogens with zero attached hydrogens (tertiary/aromatic N) is 2. The summed E-state index contributed by atoms with van der Waals surface area (Å²) >= 11 is 0. The molecule has 1 aliphatic rings. The van der Waals surface area contributed by atoms with Gasteiger partial charge >= 0.3 is 11.9 Å². The molecule has 3 aromatic rings. The molecular formula is C28H30N2O6. The van der Waals surface area contributed by atoms with E-state index in [0.29, 0.717) is 0 Å². The van der Waals surface area contributed by atoms with E-state index >= 15 is 0 Å². The molecule has 0 saturated carbocycles. The minimum absolute atomic E-state index is 0.191. The summed E-state index contributed by atoms with van der Waals surface area (Å²) in [6, 6.07) is 28.4. The maximum atomic E-state index is 13.5. The Bertz CT molecular complexity index is 1080. The molecule has 0 bridgehead atoms. The van der Waals surface area contributed by atoms with Crippen molar-refractivity contribution in [3.05, 3.63) is 102 Å². The number of piperazine rings is 1. The van der Waals surface area contributed by atoms with Crippen LogP contribution in [0.5, 0.6) is 5.75 Å². The van der Waals surface area contributed by atoms with Gasteiger partial charge in [-0.25, -0.2) is 9.59 Å². The van der Waals surface area contributed by atoms with Crippen LogP contribution in [0.25, 0.3) is 0 Å². The summed E-state index contributed by atoms with van der Waals surface area (Å²) in [7, 11) is 1.68. The number of methoxy groups -OCH3 is 1. The summed E-state index contributed by atoms with van der Waals surface area (Å²) in [6.45, 7) is 4.17. The Labute approximate surface area is 210 Å². The molecule has 3 aromatic carbocycles. The Morgan fingerprint density at radius 1 is 0.750 bits per heavy atom. The van der Waals surface area contributed by atoms with Gasteiger partial charge < -0.3 is 19.8 Å². The fourth-order valence-corrected chi connectivity index (χ4v) is 4.07. The summed E-state index contributed by atoms with van der Waals surface area (Å²) < 4.78 is 5.24. The lowest BCUT2D eigenvalue weighted by atomic mass is 9.90. The highest BCUT2D eigenvalue weighted by Crippen LogP contribution is 2.27. The molecule has 1 amide bonds. The minimum Gasteiger partial charge on any atom is -0.497 e. The summed E-state index contributed by atoms with van der Waals surface area (Å²) in [5.74, 6) is -2.83. The van der Waals surface area contributed by atoms with Crippen LogP contribution in [-0.4, -0.2) is 71.1 Å². The van der Waals surface area contributed by atoms with Gasteiger partial charge in [0.2, 0.25) is 5.91 Å². The van der Waals surface area contributed by atoms with E-state index in [1.54, 1.807) is 7.11 Å². The summed E-state index contributed by atoms with van der Waals surface area (Å²) in [5.41, 5.74) is 3.37. The normalized spacial score (nSPS) is 13.4. The lowest BCUT2D eigenvalue weighted by Crippen LogP contribution is -2.49. The monoisotopic (exact) mass is 490 g/mol. The topological polar surface area (TPSA) is 107 Å². The quantitative estimate of drug-likeness (QED) is 0.511. The number of carboxylic acid groups (broad SMARTS) is 2. The van der Waals surface area contributed by atoms with Gasteiger partial charge in [-0.15, -0.1) is 0 Å². The molecule has 8 nitrogen and oxygen atoms in total. The number of carbonyl (C=O) groups excluding carboxylic acids is 1. The van der Waals surface area contributed by atoms with Gasteiger partial charge in [0.05, 0.1) is 13.0 Å². The van der Waals surface area contributed by atoms with Crippen molar-refractivity contribution < 1.29 is 29.3 Å². The molecule has 8 heteroatoms. The Hall–Kier alpha value is -4.17. The third-order valence-corrected chi connectivity index (χ3v) is 5.94. The maximum absolute atomic E-state index is 13.5. The molecule has 4 rings (SSSR count). The fraction of sp³-hybridized carbons (Fsp3) is 0.250. The van der Waals surface area contributed by atoms with Crippen LogP contribution in [-0.2, 0) is 20.9 Å². The average Bonchev–Trinajstić information content (AvgIpc) is 2.91. The molecule has 0 atom stereocenters. The molecule has 36 heavy (non-hydrogen) atoms. The van der Waals surface area contributed by atoms with Crippen molar-refractivity contribution in [2.24, 2.45) is 0 Å². The van der Waals surface area contributed by atoms with Gasteiger partial charge in [0, 0.05) is 32.7 Å². The van der Waals surface area contributed by atoms with E-state index in [0.717, 1.165) is 49.6 Å². The summed E-state index contributed by atoms with van der Waals surface area (Å²) in [6.07, 6.45) is 0. The lowest BCUT2D eigenvalue weighted by Gasteiger charge is -2.36. The molecule has 1 heterocycles. The van der Waals surface area contributed by atoms with E-state index < -0.39 is 11.9 Å². The zero-order chi connectivity index (χ0) is 25.9. The second kappa shape index (κ2) is 13.1. The second-order valence-corrected chi connectivity index (χ2v) is 8.31. The Kier molecular flexibility index (Phi) is 9.59. The van der Waals surface area contributed by atoms with E-state index in [1.165, 1.54) is 5.56 Å². The second-order valence-electron chi connectivity index (χ2n) is 8.31. The lowest BCUT2D eigenvalue weighted by molar-refractivity contribution is -0.159. The third-order valence-electron chi connectivity index (χ3n) is 5.94. The molecule has 1 fully saturated rings. The zero-order valence-electron chi connectivity index (χ0n) is 20.1. The number of amides is 1. The highest BCUT2D eigenvalue weighted by atomic mass is 16.5. The first kappa shape index (κ1) is 26.4. The van der Waals surface area contributed by atoms with Crippen LogP contribution < -0.4 is 4.74 Å². The van der Waals surface area contributed by atoms with E-state index in [1.807, 2.05) is 53.4 Å². The number of benzene rings is 3. The van der Waals surface area contributed by atoms with E-state index in [-0.39, 0.29) is 11.8 Å². The van der Waals surface area contributed by atoms with Gasteiger partial charge in [-0.3, -0.25) is 9.69 Å². The van der Waals surface area contributed by atoms with Gasteiger partial charge in [-0.1, -0.05) is 72.8 Å². The molecule has 0 aliphatic carbocycles. The highest BCUT2D eigenvalue weighted by molar-refractivity contribution is 6.27. The number of ether oxygens (including phenoxy) is 1. The number of hydrogen-bond acceptors (Lipinski definition) is 5. The SMILES string of the molecule is COc1ccc(CN2CCN(C(=O)C(c3ccccc3)c3ccccc3)CC2)cc1.O=C(O)C(=O)O. The average molecular weight is 491 g/mol. The standard InChI is InChI=1S/C26H28N2O2.C2H2O4/c1-30-24-14-12-21(13-15-24)20-27-16-18-28(19-17-27)26(29)25(22-8-4-2-5-9-22)23-10-6-3-7-11-23;3-1(4)2(5)6/h2-15,25H,16-20H2,1H3;(H,3,4)(H,5,6). The Morgan fingerprint density at radius 2 is 1.22 bits per heavy atom.